The van der Waals surface area contributed by atoms with Gasteiger partial charge in [-0.1, -0.05) is 30.3 Å². The molecule has 2 aromatic rings. The molecular formula is C15H16F3N3O. The minimum atomic E-state index is -4.50. The van der Waals surface area contributed by atoms with Gasteiger partial charge in [0.1, 0.15) is 6.54 Å². The zero-order chi connectivity index (χ0) is 16.2. The molecule has 1 N–H and O–H groups in total. The fourth-order valence-corrected chi connectivity index (χ4v) is 1.99. The lowest BCUT2D eigenvalue weighted by molar-refractivity contribution is -0.141. The molecule has 7 heteroatoms. The third kappa shape index (κ3) is 4.34. The van der Waals surface area contributed by atoms with Crippen LogP contribution in [0.5, 0.6) is 0 Å². The number of hydrogen-bond donors (Lipinski definition) is 1. The van der Waals surface area contributed by atoms with Crippen molar-refractivity contribution in [2.45, 2.75) is 26.1 Å². The highest BCUT2D eigenvalue weighted by atomic mass is 19.4. The van der Waals surface area contributed by atoms with Crippen molar-refractivity contribution in [2.24, 2.45) is 0 Å². The van der Waals surface area contributed by atoms with Gasteiger partial charge in [-0.15, -0.1) is 0 Å². The van der Waals surface area contributed by atoms with Crippen LogP contribution < -0.4 is 5.32 Å². The number of nitrogens with one attached hydrogen (secondary N) is 1. The molecule has 0 saturated heterocycles. The topological polar surface area (TPSA) is 46.9 Å². The highest BCUT2D eigenvalue weighted by molar-refractivity contribution is 5.75. The van der Waals surface area contributed by atoms with Gasteiger partial charge in [0.2, 0.25) is 5.91 Å². The summed E-state index contributed by atoms with van der Waals surface area (Å²) >= 11 is 0. The van der Waals surface area contributed by atoms with E-state index in [1.54, 1.807) is 0 Å². The average Bonchev–Trinajstić information content (AvgIpc) is 2.81. The molecule has 0 fully saturated rings. The van der Waals surface area contributed by atoms with Crippen molar-refractivity contribution in [2.75, 3.05) is 6.54 Å². The maximum atomic E-state index is 12.5. The molecule has 0 bridgehead atoms. The molecule has 0 saturated carbocycles. The molecule has 0 radical (unpaired) electrons. The fourth-order valence-electron chi connectivity index (χ4n) is 1.99. The van der Waals surface area contributed by atoms with Crippen molar-refractivity contribution < 1.29 is 18.0 Å². The number of carbonyl (C=O) groups excluding carboxylic acids is 1. The molecule has 1 aromatic carbocycles. The Balaban J connectivity index is 1.86. The predicted octanol–water partition coefficient (Wildman–Crippen LogP) is 2.57. The first-order chi connectivity index (χ1) is 10.4. The smallest absolute Gasteiger partial charge is 0.354 e. The second-order valence-corrected chi connectivity index (χ2v) is 4.91. The standard InChI is InChI=1S/C15H16F3N3O/c1-11-9-13(15(16,17)18)20-21(11)10-14(22)19-8-7-12-5-3-2-4-6-12/h2-6,9H,7-8,10H2,1H3,(H,19,22). The van der Waals surface area contributed by atoms with Gasteiger partial charge in [-0.2, -0.15) is 18.3 Å². The minimum Gasteiger partial charge on any atom is -0.354 e. The molecule has 0 unspecified atom stereocenters. The summed E-state index contributed by atoms with van der Waals surface area (Å²) in [5.41, 5.74) is 0.394. The molecule has 2 rings (SSSR count). The van der Waals surface area contributed by atoms with Crippen molar-refractivity contribution in [1.82, 2.24) is 15.1 Å². The molecule has 1 aromatic heterocycles. The largest absolute Gasteiger partial charge is 0.435 e. The van der Waals surface area contributed by atoms with Crippen LogP contribution in [-0.4, -0.2) is 22.2 Å². The number of nitrogens with zero attached hydrogens (tertiary/aromatic N) is 2. The van der Waals surface area contributed by atoms with Crippen molar-refractivity contribution in [3.63, 3.8) is 0 Å². The van der Waals surface area contributed by atoms with E-state index >= 15 is 0 Å². The quantitative estimate of drug-likeness (QED) is 0.922. The maximum absolute atomic E-state index is 12.5. The van der Waals surface area contributed by atoms with Crippen LogP contribution in [0.25, 0.3) is 0 Å². The Morgan fingerprint density at radius 3 is 2.55 bits per heavy atom. The van der Waals surface area contributed by atoms with Crippen LogP contribution in [0.3, 0.4) is 0 Å². The molecule has 0 aliphatic rings. The molecule has 4 nitrogen and oxygen atoms in total. The van der Waals surface area contributed by atoms with Gasteiger partial charge in [-0.05, 0) is 25.0 Å². The Bertz CT molecular complexity index is 635. The van der Waals surface area contributed by atoms with E-state index in [9.17, 15) is 18.0 Å². The second kappa shape index (κ2) is 6.64. The Morgan fingerprint density at radius 1 is 1.27 bits per heavy atom. The van der Waals surface area contributed by atoms with E-state index in [1.807, 2.05) is 30.3 Å². The number of rotatable bonds is 5. The first-order valence-corrected chi connectivity index (χ1v) is 6.78. The van der Waals surface area contributed by atoms with Crippen LogP contribution >= 0.6 is 0 Å². The number of benzene rings is 1. The van der Waals surface area contributed by atoms with E-state index in [1.165, 1.54) is 6.92 Å². The summed E-state index contributed by atoms with van der Waals surface area (Å²) in [7, 11) is 0. The average molecular weight is 311 g/mol. The number of aryl methyl sites for hydroxylation is 1. The first-order valence-electron chi connectivity index (χ1n) is 6.78. The van der Waals surface area contributed by atoms with Crippen LogP contribution in [0.4, 0.5) is 13.2 Å². The molecule has 22 heavy (non-hydrogen) atoms. The normalized spacial score (nSPS) is 11.5. The van der Waals surface area contributed by atoms with Crippen LogP contribution in [-0.2, 0) is 23.9 Å². The number of hydrogen-bond acceptors (Lipinski definition) is 2. The number of halogens is 3. The summed E-state index contributed by atoms with van der Waals surface area (Å²) in [5, 5.41) is 6.09. The highest BCUT2D eigenvalue weighted by Crippen LogP contribution is 2.28. The lowest BCUT2D eigenvalue weighted by atomic mass is 10.1. The minimum absolute atomic E-state index is 0.225. The van der Waals surface area contributed by atoms with Gasteiger partial charge in [-0.25, -0.2) is 0 Å². The zero-order valence-electron chi connectivity index (χ0n) is 12.0. The molecule has 0 aliphatic carbocycles. The van der Waals surface area contributed by atoms with E-state index in [4.69, 9.17) is 0 Å². The van der Waals surface area contributed by atoms with E-state index < -0.39 is 11.9 Å². The Labute approximate surface area is 125 Å². The summed E-state index contributed by atoms with van der Waals surface area (Å²) in [6.45, 7) is 1.69. The number of amides is 1. The SMILES string of the molecule is Cc1cc(C(F)(F)F)nn1CC(=O)NCCc1ccccc1. The predicted molar refractivity (Wildman–Crippen MR) is 75.1 cm³/mol. The van der Waals surface area contributed by atoms with Crippen LogP contribution in [0.15, 0.2) is 36.4 Å². The lowest BCUT2D eigenvalue weighted by Gasteiger charge is -2.07. The van der Waals surface area contributed by atoms with Crippen LogP contribution in [0.2, 0.25) is 0 Å². The zero-order valence-corrected chi connectivity index (χ0v) is 12.0. The van der Waals surface area contributed by atoms with Crippen molar-refractivity contribution >= 4 is 5.91 Å². The summed E-state index contributed by atoms with van der Waals surface area (Å²) in [6, 6.07) is 10.5. The first kappa shape index (κ1) is 16.1. The molecule has 0 spiro atoms. The van der Waals surface area contributed by atoms with Gasteiger partial charge >= 0.3 is 6.18 Å². The Hall–Kier alpha value is -2.31. The molecule has 118 valence electrons. The van der Waals surface area contributed by atoms with Crippen LogP contribution in [0.1, 0.15) is 17.0 Å². The van der Waals surface area contributed by atoms with E-state index in [2.05, 4.69) is 10.4 Å². The molecule has 0 atom stereocenters. The van der Waals surface area contributed by atoms with Gasteiger partial charge in [0, 0.05) is 12.2 Å². The van der Waals surface area contributed by atoms with Gasteiger partial charge in [-0.3, -0.25) is 9.48 Å². The summed E-state index contributed by atoms with van der Waals surface area (Å²) in [4.78, 5) is 11.8. The maximum Gasteiger partial charge on any atom is 0.435 e. The third-order valence-corrected chi connectivity index (χ3v) is 3.14. The van der Waals surface area contributed by atoms with Gasteiger partial charge in [0.15, 0.2) is 5.69 Å². The summed E-state index contributed by atoms with van der Waals surface area (Å²) < 4.78 is 38.7. The second-order valence-electron chi connectivity index (χ2n) is 4.91. The summed E-state index contributed by atoms with van der Waals surface area (Å²) in [6.07, 6.45) is -3.84. The third-order valence-electron chi connectivity index (χ3n) is 3.14. The van der Waals surface area contributed by atoms with Crippen molar-refractivity contribution in [3.05, 3.63) is 53.3 Å². The van der Waals surface area contributed by atoms with Crippen LogP contribution in [0, 0.1) is 6.92 Å². The number of carbonyl (C=O) groups is 1. The Morgan fingerprint density at radius 2 is 1.95 bits per heavy atom. The fraction of sp³-hybridized carbons (Fsp3) is 0.333. The Kier molecular flexibility index (Phi) is 4.85. The van der Waals surface area contributed by atoms with E-state index in [0.29, 0.717) is 18.7 Å². The number of aromatic nitrogens is 2. The van der Waals surface area contributed by atoms with E-state index in [0.717, 1.165) is 16.3 Å². The molecule has 0 aliphatic heterocycles. The molecule has 1 amide bonds. The molecule has 1 heterocycles. The molecular weight excluding hydrogens is 295 g/mol. The van der Waals surface area contributed by atoms with E-state index in [-0.39, 0.29) is 12.5 Å². The van der Waals surface area contributed by atoms with Gasteiger partial charge < -0.3 is 5.32 Å². The number of alkyl halides is 3. The van der Waals surface area contributed by atoms with Gasteiger partial charge in [0.05, 0.1) is 0 Å². The van der Waals surface area contributed by atoms with Gasteiger partial charge in [0.25, 0.3) is 0 Å². The van der Waals surface area contributed by atoms with Crippen molar-refractivity contribution in [3.8, 4) is 0 Å². The highest BCUT2D eigenvalue weighted by Gasteiger charge is 2.34. The lowest BCUT2D eigenvalue weighted by Crippen LogP contribution is -2.30. The monoisotopic (exact) mass is 311 g/mol. The van der Waals surface area contributed by atoms with Crippen molar-refractivity contribution in [1.29, 1.82) is 0 Å². The summed E-state index contributed by atoms with van der Waals surface area (Å²) in [5.74, 6) is -0.365.